The van der Waals surface area contributed by atoms with Crippen LogP contribution in [0, 0.1) is 11.3 Å². The first-order chi connectivity index (χ1) is 12.1. The number of β-amino-alcohol motifs (C(OH)–C–C–N with tert-alkyl or cyclic N) is 1. The van der Waals surface area contributed by atoms with Gasteiger partial charge in [-0.05, 0) is 25.5 Å². The van der Waals surface area contributed by atoms with Crippen molar-refractivity contribution < 1.29 is 14.9 Å². The van der Waals surface area contributed by atoms with Crippen molar-refractivity contribution in [3.63, 3.8) is 0 Å². The highest BCUT2D eigenvalue weighted by Gasteiger charge is 2.29. The third-order valence-corrected chi connectivity index (χ3v) is 4.44. The molecule has 1 aliphatic heterocycles. The van der Waals surface area contributed by atoms with Crippen molar-refractivity contribution in [1.82, 2.24) is 9.80 Å². The van der Waals surface area contributed by atoms with Gasteiger partial charge in [0.2, 0.25) is 0 Å². The molecule has 0 radical (unpaired) electrons. The van der Waals surface area contributed by atoms with Gasteiger partial charge in [-0.3, -0.25) is 9.80 Å². The van der Waals surface area contributed by atoms with Crippen LogP contribution in [-0.2, 0) is 0 Å². The molecule has 2 N–H and O–H groups in total. The van der Waals surface area contributed by atoms with E-state index in [-0.39, 0.29) is 31.4 Å². The molecular formula is C19H29Cl2N3O3. The Balaban J connectivity index is 0.00000338. The highest BCUT2D eigenvalue weighted by atomic mass is 35.5. The minimum Gasteiger partial charge on any atom is -0.472 e. The smallest absolute Gasteiger partial charge is 0.178 e. The average Bonchev–Trinajstić information content (AvgIpc) is 2.61. The number of rotatable bonds is 7. The number of allylic oxidation sites excluding steroid dienone is 2. The molecule has 2 unspecified atom stereocenters. The monoisotopic (exact) mass is 417 g/mol. The van der Waals surface area contributed by atoms with Crippen LogP contribution >= 0.6 is 24.8 Å². The molecule has 1 saturated heterocycles. The molecule has 8 heteroatoms. The molecule has 152 valence electrons. The molecule has 0 aliphatic carbocycles. The molecule has 0 amide bonds. The van der Waals surface area contributed by atoms with Gasteiger partial charge in [0.25, 0.3) is 0 Å². The van der Waals surface area contributed by atoms with E-state index in [4.69, 9.17) is 15.1 Å². The van der Waals surface area contributed by atoms with Gasteiger partial charge in [-0.15, -0.1) is 24.8 Å². The Bertz CT molecular complexity index is 627. The highest BCUT2D eigenvalue weighted by Crippen LogP contribution is 2.27. The Morgan fingerprint density at radius 1 is 1.26 bits per heavy atom. The molecule has 0 bridgehead atoms. The van der Waals surface area contributed by atoms with Gasteiger partial charge < -0.3 is 14.9 Å². The molecule has 27 heavy (non-hydrogen) atoms. The average molecular weight is 418 g/mol. The Hall–Kier alpha value is -1.33. The van der Waals surface area contributed by atoms with Crippen LogP contribution < -0.4 is 4.74 Å². The predicted molar refractivity (Wildman–Crippen MR) is 111 cm³/mol. The molecule has 1 aromatic rings. The van der Waals surface area contributed by atoms with E-state index >= 15 is 0 Å². The second-order valence-corrected chi connectivity index (χ2v) is 6.30. The maximum atomic E-state index is 10.2. The fourth-order valence-electron chi connectivity index (χ4n) is 3.06. The van der Waals surface area contributed by atoms with Gasteiger partial charge in [0.1, 0.15) is 11.9 Å². The first-order valence-electron chi connectivity index (χ1n) is 8.64. The normalized spacial score (nSPS) is 17.8. The van der Waals surface area contributed by atoms with E-state index in [9.17, 15) is 5.11 Å². The zero-order valence-corrected chi connectivity index (χ0v) is 17.4. The van der Waals surface area contributed by atoms with Crippen molar-refractivity contribution in [2.24, 2.45) is 0 Å². The molecular weight excluding hydrogens is 389 g/mol. The number of para-hydroxylation sites is 1. The van der Waals surface area contributed by atoms with Gasteiger partial charge in [-0.25, -0.2) is 0 Å². The number of aliphatic hydroxyl groups is 2. The van der Waals surface area contributed by atoms with Crippen LogP contribution in [0.3, 0.4) is 0 Å². The van der Waals surface area contributed by atoms with E-state index in [1.807, 2.05) is 37.3 Å². The molecule has 1 fully saturated rings. The second kappa shape index (κ2) is 12.9. The van der Waals surface area contributed by atoms with Crippen LogP contribution in [0.1, 0.15) is 19.4 Å². The van der Waals surface area contributed by atoms with Crippen molar-refractivity contribution in [2.45, 2.75) is 26.2 Å². The largest absolute Gasteiger partial charge is 0.472 e. The lowest BCUT2D eigenvalue weighted by Crippen LogP contribution is -2.55. The summed E-state index contributed by atoms with van der Waals surface area (Å²) in [7, 11) is 0. The lowest BCUT2D eigenvalue weighted by atomic mass is 10.1. The SMILES string of the molecule is C/C(=C/C#N)c1ccccc1OC(C(C)O)N1CCN(CCO)CC1.Cl.Cl. The molecule has 1 aliphatic rings. The summed E-state index contributed by atoms with van der Waals surface area (Å²) < 4.78 is 6.17. The third kappa shape index (κ3) is 7.30. The van der Waals surface area contributed by atoms with E-state index in [1.165, 1.54) is 6.08 Å². The number of ether oxygens (including phenoxy) is 1. The van der Waals surface area contributed by atoms with Crippen LogP contribution in [0.2, 0.25) is 0 Å². The van der Waals surface area contributed by atoms with Crippen molar-refractivity contribution in [2.75, 3.05) is 39.3 Å². The Kier molecular flexibility index (Phi) is 12.3. The summed E-state index contributed by atoms with van der Waals surface area (Å²) in [5.74, 6) is 0.662. The molecule has 1 aromatic carbocycles. The summed E-state index contributed by atoms with van der Waals surface area (Å²) in [5.41, 5.74) is 1.68. The van der Waals surface area contributed by atoms with Gasteiger partial charge in [0.05, 0.1) is 12.7 Å². The highest BCUT2D eigenvalue weighted by molar-refractivity contribution is 5.85. The van der Waals surface area contributed by atoms with E-state index < -0.39 is 12.3 Å². The van der Waals surface area contributed by atoms with Crippen LogP contribution in [0.5, 0.6) is 5.75 Å². The fraction of sp³-hybridized carbons (Fsp3) is 0.526. The molecule has 1 heterocycles. The van der Waals surface area contributed by atoms with Gasteiger partial charge in [0, 0.05) is 44.4 Å². The maximum Gasteiger partial charge on any atom is 0.178 e. The number of halogens is 2. The quantitative estimate of drug-likeness (QED) is 0.661. The minimum atomic E-state index is -0.655. The van der Waals surface area contributed by atoms with E-state index in [2.05, 4.69) is 9.80 Å². The molecule has 2 atom stereocenters. The van der Waals surface area contributed by atoms with Crippen molar-refractivity contribution >= 4 is 30.4 Å². The molecule has 0 aromatic heterocycles. The fourth-order valence-corrected chi connectivity index (χ4v) is 3.06. The number of hydrogen-bond donors (Lipinski definition) is 2. The number of hydrogen-bond acceptors (Lipinski definition) is 6. The van der Waals surface area contributed by atoms with Crippen LogP contribution in [-0.4, -0.2) is 71.7 Å². The van der Waals surface area contributed by atoms with E-state index in [0.717, 1.165) is 37.3 Å². The number of benzene rings is 1. The first kappa shape index (κ1) is 25.7. The van der Waals surface area contributed by atoms with Gasteiger partial charge >= 0.3 is 0 Å². The van der Waals surface area contributed by atoms with E-state index in [1.54, 1.807) is 6.92 Å². The summed E-state index contributed by atoms with van der Waals surface area (Å²) in [5, 5.41) is 28.2. The number of nitrogens with zero attached hydrogens (tertiary/aromatic N) is 3. The van der Waals surface area contributed by atoms with Crippen LogP contribution in [0.4, 0.5) is 0 Å². The zero-order chi connectivity index (χ0) is 18.2. The standard InChI is InChI=1S/C19H27N3O3.2ClH/c1-15(7-8-20)17-5-3-4-6-18(17)25-19(16(2)24)22-11-9-21(10-12-22)13-14-23;;/h3-7,16,19,23-24H,9-14H2,1-2H3;2*1H/b15-7-;;. The number of aliphatic hydroxyl groups excluding tert-OH is 2. The first-order valence-corrected chi connectivity index (χ1v) is 8.64. The van der Waals surface area contributed by atoms with Crippen LogP contribution in [0.25, 0.3) is 5.57 Å². The van der Waals surface area contributed by atoms with E-state index in [0.29, 0.717) is 12.3 Å². The number of piperazine rings is 1. The lowest BCUT2D eigenvalue weighted by molar-refractivity contribution is -0.0753. The van der Waals surface area contributed by atoms with Gasteiger partial charge in [-0.2, -0.15) is 5.26 Å². The van der Waals surface area contributed by atoms with Crippen molar-refractivity contribution in [1.29, 1.82) is 5.26 Å². The number of nitriles is 1. The Morgan fingerprint density at radius 2 is 1.89 bits per heavy atom. The minimum absolute atomic E-state index is 0. The van der Waals surface area contributed by atoms with Gasteiger partial charge in [0.15, 0.2) is 6.23 Å². The van der Waals surface area contributed by atoms with Crippen LogP contribution in [0.15, 0.2) is 30.3 Å². The molecule has 6 nitrogen and oxygen atoms in total. The molecule has 0 spiro atoms. The van der Waals surface area contributed by atoms with Crippen molar-refractivity contribution in [3.8, 4) is 11.8 Å². The summed E-state index contributed by atoms with van der Waals surface area (Å²) >= 11 is 0. The summed E-state index contributed by atoms with van der Waals surface area (Å²) in [4.78, 5) is 4.32. The molecule has 0 saturated carbocycles. The Morgan fingerprint density at radius 3 is 2.44 bits per heavy atom. The topological polar surface area (TPSA) is 80.0 Å². The lowest BCUT2D eigenvalue weighted by Gasteiger charge is -2.40. The van der Waals surface area contributed by atoms with Crippen molar-refractivity contribution in [3.05, 3.63) is 35.9 Å². The summed E-state index contributed by atoms with van der Waals surface area (Å²) in [6.07, 6.45) is 0.387. The zero-order valence-electron chi connectivity index (χ0n) is 15.7. The Labute approximate surface area is 173 Å². The van der Waals surface area contributed by atoms with Gasteiger partial charge in [-0.1, -0.05) is 18.2 Å². The summed E-state index contributed by atoms with van der Waals surface area (Å²) in [6.45, 7) is 7.64. The summed E-state index contributed by atoms with van der Waals surface area (Å²) in [6, 6.07) is 9.61. The third-order valence-electron chi connectivity index (χ3n) is 4.44. The molecule has 2 rings (SSSR count). The second-order valence-electron chi connectivity index (χ2n) is 6.30. The maximum absolute atomic E-state index is 10.2. The predicted octanol–water partition coefficient (Wildman–Crippen LogP) is 2.15.